The molecule has 0 saturated heterocycles. The van der Waals surface area contributed by atoms with Crippen LogP contribution in [-0.2, 0) is 29.8 Å². The van der Waals surface area contributed by atoms with Crippen molar-refractivity contribution in [2.45, 2.75) is 19.5 Å². The maximum absolute atomic E-state index is 11.3. The minimum Gasteiger partial charge on any atom is -0.493 e. The van der Waals surface area contributed by atoms with Crippen LogP contribution in [0.3, 0.4) is 0 Å². The molecule has 2 N–H and O–H groups in total. The van der Waals surface area contributed by atoms with Crippen molar-refractivity contribution in [3.05, 3.63) is 83.4 Å². The van der Waals surface area contributed by atoms with Crippen LogP contribution < -0.4 is 18.8 Å². The normalized spacial score (nSPS) is 14.0. The van der Waals surface area contributed by atoms with Crippen LogP contribution in [0.15, 0.2) is 66.7 Å². The molecule has 3 aromatic carbocycles. The molecule has 1 heterocycles. The van der Waals surface area contributed by atoms with Crippen molar-refractivity contribution in [2.24, 2.45) is 5.14 Å². The number of benzene rings is 3. The highest BCUT2D eigenvalue weighted by Gasteiger charge is 2.21. The summed E-state index contributed by atoms with van der Waals surface area (Å²) in [6.07, 6.45) is 0.764. The third-order valence-corrected chi connectivity index (χ3v) is 5.48. The number of hydrogen-bond acceptors (Lipinski definition) is 6. The van der Waals surface area contributed by atoms with Crippen molar-refractivity contribution in [2.75, 3.05) is 13.7 Å². The number of para-hydroxylation sites is 1. The molecule has 31 heavy (non-hydrogen) atoms. The molecule has 0 saturated carbocycles. The maximum atomic E-state index is 11.3. The van der Waals surface area contributed by atoms with E-state index in [1.54, 1.807) is 6.07 Å². The van der Waals surface area contributed by atoms with Crippen LogP contribution in [0.25, 0.3) is 0 Å². The number of hydrogen-bond donors (Lipinski definition) is 1. The van der Waals surface area contributed by atoms with Crippen molar-refractivity contribution < 1.29 is 22.1 Å². The number of nitrogens with zero attached hydrogens (tertiary/aromatic N) is 1. The number of rotatable bonds is 7. The van der Waals surface area contributed by atoms with E-state index in [1.807, 2.05) is 54.6 Å². The predicted octanol–water partition coefficient (Wildman–Crippen LogP) is 3.63. The Morgan fingerprint density at radius 2 is 1.68 bits per heavy atom. The van der Waals surface area contributed by atoms with Gasteiger partial charge in [-0.15, -0.1) is 0 Å². The average molecular weight is 441 g/mol. The second-order valence-electron chi connectivity index (χ2n) is 7.37. The summed E-state index contributed by atoms with van der Waals surface area (Å²) in [5.74, 6) is 2.06. The van der Waals surface area contributed by atoms with Gasteiger partial charge in [-0.3, -0.25) is 4.90 Å². The van der Waals surface area contributed by atoms with E-state index in [1.165, 1.54) is 7.11 Å². The number of fused-ring (bicyclic) bond motifs is 1. The molecule has 3 aromatic rings. The summed E-state index contributed by atoms with van der Waals surface area (Å²) in [5.41, 5.74) is 3.25. The number of ether oxygens (including phenoxy) is 2. The van der Waals surface area contributed by atoms with Crippen LogP contribution in [-0.4, -0.2) is 27.0 Å². The molecule has 0 aromatic heterocycles. The van der Waals surface area contributed by atoms with Crippen LogP contribution in [0.4, 0.5) is 0 Å². The van der Waals surface area contributed by atoms with E-state index in [9.17, 15) is 8.42 Å². The molecule has 0 spiro atoms. The topological polar surface area (TPSA) is 91.1 Å². The molecule has 0 amide bonds. The zero-order valence-electron chi connectivity index (χ0n) is 17.2. The summed E-state index contributed by atoms with van der Waals surface area (Å²) < 4.78 is 38.7. The van der Waals surface area contributed by atoms with Gasteiger partial charge in [0.05, 0.1) is 7.11 Å². The Hall–Kier alpha value is -3.07. The Bertz CT molecular complexity index is 1170. The van der Waals surface area contributed by atoms with E-state index in [0.29, 0.717) is 12.3 Å². The molecule has 0 aliphatic carbocycles. The lowest BCUT2D eigenvalue weighted by Crippen LogP contribution is -2.30. The average Bonchev–Trinajstić information content (AvgIpc) is 2.73. The lowest BCUT2D eigenvalue weighted by Gasteiger charge is -2.29. The molecule has 0 bridgehead atoms. The van der Waals surface area contributed by atoms with Crippen LogP contribution in [0.2, 0.25) is 0 Å². The molecule has 1 aliphatic heterocycles. The zero-order chi connectivity index (χ0) is 21.8. The van der Waals surface area contributed by atoms with Crippen molar-refractivity contribution in [1.82, 2.24) is 4.90 Å². The fraction of sp³-hybridized carbons (Fsp3) is 0.217. The molecule has 1 aliphatic rings. The fourth-order valence-corrected chi connectivity index (χ4v) is 4.08. The van der Waals surface area contributed by atoms with Gasteiger partial charge in [-0.25, -0.2) is 0 Å². The Labute approximate surface area is 182 Å². The molecule has 0 atom stereocenters. The quantitative estimate of drug-likeness (QED) is 0.603. The van der Waals surface area contributed by atoms with Gasteiger partial charge >= 0.3 is 10.3 Å². The lowest BCUT2D eigenvalue weighted by molar-refractivity contribution is 0.244. The first kappa shape index (κ1) is 21.2. The predicted molar refractivity (Wildman–Crippen MR) is 118 cm³/mol. The second-order valence-corrected chi connectivity index (χ2v) is 8.52. The molecule has 162 valence electrons. The second kappa shape index (κ2) is 8.97. The van der Waals surface area contributed by atoms with Gasteiger partial charge in [-0.05, 0) is 59.5 Å². The first-order valence-corrected chi connectivity index (χ1v) is 11.3. The van der Waals surface area contributed by atoms with Crippen molar-refractivity contribution >= 4 is 10.3 Å². The first-order chi connectivity index (χ1) is 14.9. The number of methoxy groups -OCH3 is 1. The zero-order valence-corrected chi connectivity index (χ0v) is 18.0. The lowest BCUT2D eigenvalue weighted by atomic mass is 9.98. The molecule has 8 heteroatoms. The van der Waals surface area contributed by atoms with Crippen LogP contribution in [0, 0.1) is 0 Å². The summed E-state index contributed by atoms with van der Waals surface area (Å²) in [4.78, 5) is 2.32. The van der Waals surface area contributed by atoms with Crippen LogP contribution in [0.5, 0.6) is 23.0 Å². The van der Waals surface area contributed by atoms with E-state index < -0.39 is 10.3 Å². The Morgan fingerprint density at radius 3 is 2.42 bits per heavy atom. The van der Waals surface area contributed by atoms with Gasteiger partial charge in [0, 0.05) is 19.6 Å². The highest BCUT2D eigenvalue weighted by molar-refractivity contribution is 7.84. The standard InChI is InChI=1S/C23H24N2O5S/c1-28-22-14-19-16-25(11-10-18(19)13-23(22)30-31(24,26)27)15-17-6-5-9-21(12-17)29-20-7-3-2-4-8-20/h2-9,12-14H,10-11,15-16H2,1H3,(H2,24,26,27). The molecule has 4 rings (SSSR count). The van der Waals surface area contributed by atoms with Gasteiger partial charge in [0.1, 0.15) is 11.5 Å². The Morgan fingerprint density at radius 1 is 0.935 bits per heavy atom. The summed E-state index contributed by atoms with van der Waals surface area (Å²) in [5, 5.41) is 5.01. The Balaban J connectivity index is 1.47. The Kier molecular flexibility index (Phi) is 6.13. The van der Waals surface area contributed by atoms with Crippen molar-refractivity contribution in [3.8, 4) is 23.0 Å². The van der Waals surface area contributed by atoms with Crippen molar-refractivity contribution in [3.63, 3.8) is 0 Å². The first-order valence-electron chi connectivity index (χ1n) is 9.86. The van der Waals surface area contributed by atoms with Crippen molar-refractivity contribution in [1.29, 1.82) is 0 Å². The van der Waals surface area contributed by atoms with E-state index in [-0.39, 0.29) is 5.75 Å². The van der Waals surface area contributed by atoms with E-state index in [4.69, 9.17) is 18.8 Å². The van der Waals surface area contributed by atoms with E-state index in [2.05, 4.69) is 11.0 Å². The monoisotopic (exact) mass is 440 g/mol. The molecule has 0 radical (unpaired) electrons. The summed E-state index contributed by atoms with van der Waals surface area (Å²) in [6.45, 7) is 2.31. The van der Waals surface area contributed by atoms with Gasteiger partial charge in [0.15, 0.2) is 11.5 Å². The van der Waals surface area contributed by atoms with Gasteiger partial charge in [-0.2, -0.15) is 13.6 Å². The largest absolute Gasteiger partial charge is 0.493 e. The van der Waals surface area contributed by atoms with E-state index >= 15 is 0 Å². The van der Waals surface area contributed by atoms with Gasteiger partial charge < -0.3 is 13.7 Å². The third kappa shape index (κ3) is 5.55. The maximum Gasteiger partial charge on any atom is 0.380 e. The summed E-state index contributed by atoms with van der Waals surface area (Å²) in [6, 6.07) is 21.3. The van der Waals surface area contributed by atoms with E-state index in [0.717, 1.165) is 47.7 Å². The SMILES string of the molecule is COc1cc2c(cc1OS(N)(=O)=O)CCN(Cc1cccc(Oc3ccccc3)c1)C2. The number of nitrogens with two attached hydrogens (primary N) is 1. The minimum absolute atomic E-state index is 0.114. The van der Waals surface area contributed by atoms with Crippen LogP contribution >= 0.6 is 0 Å². The minimum atomic E-state index is -4.12. The van der Waals surface area contributed by atoms with Gasteiger partial charge in [0.2, 0.25) is 0 Å². The fourth-order valence-electron chi connectivity index (χ4n) is 3.70. The van der Waals surface area contributed by atoms with Gasteiger partial charge in [-0.1, -0.05) is 30.3 Å². The molecule has 7 nitrogen and oxygen atoms in total. The molecule has 0 unspecified atom stereocenters. The molecular weight excluding hydrogens is 416 g/mol. The molecule has 0 fully saturated rings. The highest BCUT2D eigenvalue weighted by Crippen LogP contribution is 2.34. The highest BCUT2D eigenvalue weighted by atomic mass is 32.2. The summed E-state index contributed by atoms with van der Waals surface area (Å²) >= 11 is 0. The molecular formula is C23H24N2O5S. The third-order valence-electron chi connectivity index (χ3n) is 5.07. The smallest absolute Gasteiger partial charge is 0.380 e. The van der Waals surface area contributed by atoms with Crippen LogP contribution in [0.1, 0.15) is 16.7 Å². The van der Waals surface area contributed by atoms with Gasteiger partial charge in [0.25, 0.3) is 0 Å². The summed E-state index contributed by atoms with van der Waals surface area (Å²) in [7, 11) is -2.65.